The molecule has 1 rings (SSSR count). The van der Waals surface area contributed by atoms with Crippen molar-refractivity contribution in [3.63, 3.8) is 0 Å². The monoisotopic (exact) mass is 187 g/mol. The molecule has 4 nitrogen and oxygen atoms in total. The first-order valence-corrected chi connectivity index (χ1v) is 4.70. The van der Waals surface area contributed by atoms with E-state index in [1.165, 1.54) is 0 Å². The van der Waals surface area contributed by atoms with Gasteiger partial charge < -0.3 is 10.2 Å². The number of rotatable bonds is 3. The maximum atomic E-state index is 10.5. The third-order valence-corrected chi connectivity index (χ3v) is 2.71. The third kappa shape index (κ3) is 2.97. The smallest absolute Gasteiger partial charge is 0.317 e. The van der Waals surface area contributed by atoms with Gasteiger partial charge in [0.15, 0.2) is 0 Å². The highest BCUT2D eigenvalue weighted by molar-refractivity contribution is 5.69. The maximum absolute atomic E-state index is 10.5. The van der Waals surface area contributed by atoms with Gasteiger partial charge in [-0.2, -0.15) is 0 Å². The zero-order valence-electron chi connectivity index (χ0n) is 7.94. The number of aliphatic hydroxyl groups excluding tert-OH is 1. The van der Waals surface area contributed by atoms with Crippen molar-refractivity contribution >= 4 is 5.97 Å². The molecule has 13 heavy (non-hydrogen) atoms. The number of aliphatic hydroxyl groups is 1. The van der Waals surface area contributed by atoms with Gasteiger partial charge in [-0.05, 0) is 25.7 Å². The van der Waals surface area contributed by atoms with Crippen molar-refractivity contribution in [3.05, 3.63) is 0 Å². The van der Waals surface area contributed by atoms with E-state index in [4.69, 9.17) is 10.2 Å². The molecule has 0 aromatic carbocycles. The van der Waals surface area contributed by atoms with Crippen molar-refractivity contribution < 1.29 is 15.0 Å². The molecule has 76 valence electrons. The molecule has 0 spiro atoms. The van der Waals surface area contributed by atoms with Gasteiger partial charge in [0, 0.05) is 19.2 Å². The SMILES string of the molecule is CC1CCC(CO)CN1CC(=O)O. The Hall–Kier alpha value is -0.610. The van der Waals surface area contributed by atoms with E-state index in [0.717, 1.165) is 12.8 Å². The Labute approximate surface area is 78.2 Å². The Morgan fingerprint density at radius 3 is 2.77 bits per heavy atom. The van der Waals surface area contributed by atoms with Crippen molar-refractivity contribution in [2.45, 2.75) is 25.8 Å². The van der Waals surface area contributed by atoms with Crippen LogP contribution in [0.25, 0.3) is 0 Å². The molecule has 0 aromatic heterocycles. The number of piperidine rings is 1. The van der Waals surface area contributed by atoms with Crippen molar-refractivity contribution in [2.75, 3.05) is 19.7 Å². The van der Waals surface area contributed by atoms with Crippen LogP contribution >= 0.6 is 0 Å². The highest BCUT2D eigenvalue weighted by Crippen LogP contribution is 2.20. The number of nitrogens with zero attached hydrogens (tertiary/aromatic N) is 1. The Morgan fingerprint density at radius 2 is 2.23 bits per heavy atom. The predicted molar refractivity (Wildman–Crippen MR) is 48.5 cm³/mol. The normalized spacial score (nSPS) is 30.3. The molecule has 2 atom stereocenters. The van der Waals surface area contributed by atoms with Gasteiger partial charge in [0.05, 0.1) is 6.54 Å². The van der Waals surface area contributed by atoms with Crippen LogP contribution in [-0.2, 0) is 4.79 Å². The quantitative estimate of drug-likeness (QED) is 0.661. The van der Waals surface area contributed by atoms with Crippen molar-refractivity contribution in [1.82, 2.24) is 4.90 Å². The zero-order chi connectivity index (χ0) is 9.84. The number of hydrogen-bond donors (Lipinski definition) is 2. The van der Waals surface area contributed by atoms with E-state index < -0.39 is 5.97 Å². The molecule has 0 saturated carbocycles. The lowest BCUT2D eigenvalue weighted by Gasteiger charge is -2.36. The lowest BCUT2D eigenvalue weighted by atomic mass is 9.94. The van der Waals surface area contributed by atoms with Crippen LogP contribution in [0.2, 0.25) is 0 Å². The first kappa shape index (κ1) is 10.5. The summed E-state index contributed by atoms with van der Waals surface area (Å²) in [5, 5.41) is 17.6. The summed E-state index contributed by atoms with van der Waals surface area (Å²) in [6, 6.07) is 0.332. The van der Waals surface area contributed by atoms with E-state index in [9.17, 15) is 4.79 Å². The Bertz CT molecular complexity index is 184. The van der Waals surface area contributed by atoms with Crippen molar-refractivity contribution in [1.29, 1.82) is 0 Å². The van der Waals surface area contributed by atoms with Crippen LogP contribution in [0, 0.1) is 5.92 Å². The molecule has 0 amide bonds. The fourth-order valence-electron chi connectivity index (χ4n) is 1.81. The van der Waals surface area contributed by atoms with Crippen LogP contribution in [0.4, 0.5) is 0 Å². The van der Waals surface area contributed by atoms with Gasteiger partial charge in [0.2, 0.25) is 0 Å². The topological polar surface area (TPSA) is 60.8 Å². The van der Waals surface area contributed by atoms with E-state index in [-0.39, 0.29) is 19.1 Å². The minimum absolute atomic E-state index is 0.0949. The lowest BCUT2D eigenvalue weighted by Crippen LogP contribution is -2.45. The van der Waals surface area contributed by atoms with Gasteiger partial charge in [-0.3, -0.25) is 9.69 Å². The number of carboxylic acids is 1. The van der Waals surface area contributed by atoms with Crippen LogP contribution in [0.1, 0.15) is 19.8 Å². The highest BCUT2D eigenvalue weighted by Gasteiger charge is 2.25. The van der Waals surface area contributed by atoms with E-state index in [1.54, 1.807) is 0 Å². The van der Waals surface area contributed by atoms with Crippen LogP contribution in [0.15, 0.2) is 0 Å². The second kappa shape index (κ2) is 4.58. The lowest BCUT2D eigenvalue weighted by molar-refractivity contribution is -0.139. The molecule has 4 heteroatoms. The van der Waals surface area contributed by atoms with Gasteiger partial charge in [-0.1, -0.05) is 0 Å². The van der Waals surface area contributed by atoms with Gasteiger partial charge in [0.1, 0.15) is 0 Å². The van der Waals surface area contributed by atoms with E-state index in [0.29, 0.717) is 12.6 Å². The average Bonchev–Trinajstić information content (AvgIpc) is 2.08. The van der Waals surface area contributed by atoms with E-state index in [1.807, 2.05) is 11.8 Å². The summed E-state index contributed by atoms with van der Waals surface area (Å²) in [6.07, 6.45) is 1.99. The van der Waals surface area contributed by atoms with Crippen molar-refractivity contribution in [3.8, 4) is 0 Å². The standard InChI is InChI=1S/C9H17NO3/c1-7-2-3-8(6-11)4-10(7)5-9(12)13/h7-8,11H,2-6H2,1H3,(H,12,13). The van der Waals surface area contributed by atoms with E-state index >= 15 is 0 Å². The first-order chi connectivity index (χ1) is 6.13. The molecule has 2 N–H and O–H groups in total. The Morgan fingerprint density at radius 1 is 1.54 bits per heavy atom. The number of hydrogen-bond acceptors (Lipinski definition) is 3. The number of carboxylic acid groups (broad SMARTS) is 1. The number of likely N-dealkylation sites (tertiary alicyclic amines) is 1. The molecule has 1 aliphatic heterocycles. The molecule has 1 fully saturated rings. The Kier molecular flexibility index (Phi) is 3.69. The molecule has 2 unspecified atom stereocenters. The van der Waals surface area contributed by atoms with Crippen LogP contribution < -0.4 is 0 Å². The number of aliphatic carboxylic acids is 1. The summed E-state index contributed by atoms with van der Waals surface area (Å²) in [5.41, 5.74) is 0. The fraction of sp³-hybridized carbons (Fsp3) is 0.889. The molecule has 1 aliphatic rings. The largest absolute Gasteiger partial charge is 0.480 e. The first-order valence-electron chi connectivity index (χ1n) is 4.70. The summed E-state index contributed by atoms with van der Waals surface area (Å²) in [7, 11) is 0. The second-order valence-corrected chi connectivity index (χ2v) is 3.80. The average molecular weight is 187 g/mol. The van der Waals surface area contributed by atoms with Crippen molar-refractivity contribution in [2.24, 2.45) is 5.92 Å². The van der Waals surface area contributed by atoms with Crippen LogP contribution in [0.5, 0.6) is 0 Å². The van der Waals surface area contributed by atoms with Gasteiger partial charge >= 0.3 is 5.97 Å². The maximum Gasteiger partial charge on any atom is 0.317 e. The summed E-state index contributed by atoms with van der Waals surface area (Å²) in [4.78, 5) is 12.4. The number of carbonyl (C=O) groups is 1. The molecular formula is C9H17NO3. The molecule has 0 aromatic rings. The summed E-state index contributed by atoms with van der Waals surface area (Å²) >= 11 is 0. The van der Waals surface area contributed by atoms with Crippen LogP contribution in [0.3, 0.4) is 0 Å². The molecule has 0 radical (unpaired) electrons. The third-order valence-electron chi connectivity index (χ3n) is 2.71. The van der Waals surface area contributed by atoms with E-state index in [2.05, 4.69) is 0 Å². The minimum Gasteiger partial charge on any atom is -0.480 e. The summed E-state index contributed by atoms with van der Waals surface area (Å²) in [5.74, 6) is -0.527. The van der Waals surface area contributed by atoms with Gasteiger partial charge in [-0.25, -0.2) is 0 Å². The Balaban J connectivity index is 2.44. The summed E-state index contributed by atoms with van der Waals surface area (Å²) in [6.45, 7) is 3.01. The highest BCUT2D eigenvalue weighted by atomic mass is 16.4. The van der Waals surface area contributed by atoms with Gasteiger partial charge in [0.25, 0.3) is 0 Å². The summed E-state index contributed by atoms with van der Waals surface area (Å²) < 4.78 is 0. The molecule has 1 saturated heterocycles. The molecule has 0 aliphatic carbocycles. The van der Waals surface area contributed by atoms with Crippen LogP contribution in [-0.4, -0.2) is 46.8 Å². The predicted octanol–water partition coefficient (Wildman–Crippen LogP) is 0.164. The van der Waals surface area contributed by atoms with Gasteiger partial charge in [-0.15, -0.1) is 0 Å². The second-order valence-electron chi connectivity index (χ2n) is 3.80. The zero-order valence-corrected chi connectivity index (χ0v) is 7.94. The molecular weight excluding hydrogens is 170 g/mol. The molecule has 1 heterocycles. The molecule has 0 bridgehead atoms. The fourth-order valence-corrected chi connectivity index (χ4v) is 1.81. The minimum atomic E-state index is -0.787.